The molecule has 1 unspecified atom stereocenters. The van der Waals surface area contributed by atoms with Crippen LogP contribution in [0.2, 0.25) is 0 Å². The molecule has 0 bridgehead atoms. The second-order valence-corrected chi connectivity index (χ2v) is 3.00. The van der Waals surface area contributed by atoms with E-state index >= 15 is 0 Å². The van der Waals surface area contributed by atoms with Crippen molar-refractivity contribution in [1.82, 2.24) is 10.2 Å². The number of H-pyrrole nitrogens is 1. The van der Waals surface area contributed by atoms with Gasteiger partial charge in [0, 0.05) is 19.2 Å². The standard InChI is InChI=1S/C8H10N4/c9-5-7-2-4-12(6-7)8-1-3-10-11-8/h1,3,7H,2,4,6H2,(H,10,11). The minimum Gasteiger partial charge on any atom is -0.356 e. The van der Waals surface area contributed by atoms with E-state index in [9.17, 15) is 0 Å². The van der Waals surface area contributed by atoms with Gasteiger partial charge in [0.25, 0.3) is 0 Å². The van der Waals surface area contributed by atoms with Crippen molar-refractivity contribution in [3.05, 3.63) is 12.3 Å². The van der Waals surface area contributed by atoms with Crippen molar-refractivity contribution in [1.29, 1.82) is 5.26 Å². The highest BCUT2D eigenvalue weighted by Crippen LogP contribution is 2.20. The number of aromatic nitrogens is 2. The van der Waals surface area contributed by atoms with Gasteiger partial charge in [0.1, 0.15) is 5.82 Å². The van der Waals surface area contributed by atoms with Crippen LogP contribution in [-0.4, -0.2) is 23.3 Å². The van der Waals surface area contributed by atoms with Crippen LogP contribution in [0.5, 0.6) is 0 Å². The van der Waals surface area contributed by atoms with Crippen LogP contribution in [0.4, 0.5) is 5.82 Å². The summed E-state index contributed by atoms with van der Waals surface area (Å²) >= 11 is 0. The van der Waals surface area contributed by atoms with E-state index < -0.39 is 0 Å². The Morgan fingerprint density at radius 1 is 1.75 bits per heavy atom. The molecule has 12 heavy (non-hydrogen) atoms. The third-order valence-electron chi connectivity index (χ3n) is 2.20. The highest BCUT2D eigenvalue weighted by Gasteiger charge is 2.22. The maximum Gasteiger partial charge on any atom is 0.123 e. The fourth-order valence-electron chi connectivity index (χ4n) is 1.51. The average molecular weight is 162 g/mol. The summed E-state index contributed by atoms with van der Waals surface area (Å²) in [5, 5.41) is 15.4. The van der Waals surface area contributed by atoms with Gasteiger partial charge in [-0.05, 0) is 6.42 Å². The molecule has 0 radical (unpaired) electrons. The van der Waals surface area contributed by atoms with Crippen molar-refractivity contribution < 1.29 is 0 Å². The number of hydrogen-bond acceptors (Lipinski definition) is 3. The van der Waals surface area contributed by atoms with Gasteiger partial charge in [0.15, 0.2) is 0 Å². The van der Waals surface area contributed by atoms with Crippen LogP contribution < -0.4 is 4.90 Å². The normalized spacial score (nSPS) is 22.6. The number of nitriles is 1. The molecule has 1 atom stereocenters. The van der Waals surface area contributed by atoms with Gasteiger partial charge in [-0.2, -0.15) is 10.4 Å². The van der Waals surface area contributed by atoms with Gasteiger partial charge in [0.2, 0.25) is 0 Å². The minimum absolute atomic E-state index is 0.188. The minimum atomic E-state index is 0.188. The molecule has 4 heteroatoms. The second-order valence-electron chi connectivity index (χ2n) is 3.00. The van der Waals surface area contributed by atoms with Gasteiger partial charge in [-0.25, -0.2) is 0 Å². The summed E-state index contributed by atoms with van der Waals surface area (Å²) in [5.74, 6) is 1.21. The van der Waals surface area contributed by atoms with Crippen LogP contribution in [-0.2, 0) is 0 Å². The molecule has 1 saturated heterocycles. The molecule has 0 spiro atoms. The Kier molecular flexibility index (Phi) is 1.71. The lowest BCUT2D eigenvalue weighted by Crippen LogP contribution is -2.19. The summed E-state index contributed by atoms with van der Waals surface area (Å²) in [7, 11) is 0. The quantitative estimate of drug-likeness (QED) is 0.663. The maximum absolute atomic E-state index is 8.68. The van der Waals surface area contributed by atoms with E-state index in [-0.39, 0.29) is 5.92 Å². The molecular weight excluding hydrogens is 152 g/mol. The van der Waals surface area contributed by atoms with E-state index in [2.05, 4.69) is 21.2 Å². The van der Waals surface area contributed by atoms with E-state index in [1.807, 2.05) is 6.07 Å². The van der Waals surface area contributed by atoms with Gasteiger partial charge >= 0.3 is 0 Å². The third-order valence-corrected chi connectivity index (χ3v) is 2.20. The first-order valence-electron chi connectivity index (χ1n) is 4.04. The van der Waals surface area contributed by atoms with Crippen molar-refractivity contribution in [2.24, 2.45) is 5.92 Å². The van der Waals surface area contributed by atoms with Gasteiger partial charge in [-0.15, -0.1) is 0 Å². The van der Waals surface area contributed by atoms with Crippen LogP contribution in [0.15, 0.2) is 12.3 Å². The van der Waals surface area contributed by atoms with Crippen LogP contribution in [0.25, 0.3) is 0 Å². The molecule has 0 aromatic carbocycles. The first-order chi connectivity index (χ1) is 5.90. The SMILES string of the molecule is N#CC1CCN(c2ccn[nH]2)C1. The van der Waals surface area contributed by atoms with E-state index in [1.54, 1.807) is 6.20 Å². The van der Waals surface area contributed by atoms with E-state index in [0.717, 1.165) is 25.3 Å². The fourth-order valence-corrected chi connectivity index (χ4v) is 1.51. The molecule has 1 N–H and O–H groups in total. The lowest BCUT2D eigenvalue weighted by molar-refractivity contribution is 0.754. The molecule has 2 rings (SSSR count). The molecule has 1 aliphatic rings. The van der Waals surface area contributed by atoms with Crippen molar-refractivity contribution in [2.75, 3.05) is 18.0 Å². The van der Waals surface area contributed by atoms with Crippen LogP contribution >= 0.6 is 0 Å². The van der Waals surface area contributed by atoms with E-state index in [4.69, 9.17) is 5.26 Å². The smallest absolute Gasteiger partial charge is 0.123 e. The molecule has 0 amide bonds. The molecule has 1 aliphatic heterocycles. The molecule has 1 aromatic heterocycles. The zero-order valence-electron chi connectivity index (χ0n) is 6.70. The lowest BCUT2D eigenvalue weighted by Gasteiger charge is -2.13. The Morgan fingerprint density at radius 3 is 3.25 bits per heavy atom. The Labute approximate surface area is 70.8 Å². The van der Waals surface area contributed by atoms with E-state index in [1.165, 1.54) is 0 Å². The molecule has 0 aliphatic carbocycles. The molecule has 62 valence electrons. The van der Waals surface area contributed by atoms with Crippen LogP contribution in [0.3, 0.4) is 0 Å². The van der Waals surface area contributed by atoms with Gasteiger partial charge in [-0.1, -0.05) is 0 Å². The first kappa shape index (κ1) is 7.17. The summed E-state index contributed by atoms with van der Waals surface area (Å²) in [5.41, 5.74) is 0. The lowest BCUT2D eigenvalue weighted by atomic mass is 10.1. The highest BCUT2D eigenvalue weighted by atomic mass is 15.3. The molecule has 1 fully saturated rings. The molecule has 1 aromatic rings. The topological polar surface area (TPSA) is 55.7 Å². The Hall–Kier alpha value is -1.50. The molecule has 0 saturated carbocycles. The summed E-state index contributed by atoms with van der Waals surface area (Å²) in [4.78, 5) is 2.15. The van der Waals surface area contributed by atoms with Crippen molar-refractivity contribution in [2.45, 2.75) is 6.42 Å². The largest absolute Gasteiger partial charge is 0.356 e. The predicted octanol–water partition coefficient (Wildman–Crippen LogP) is 0.760. The summed E-state index contributed by atoms with van der Waals surface area (Å²) in [6.07, 6.45) is 2.70. The zero-order chi connectivity index (χ0) is 8.39. The summed E-state index contributed by atoms with van der Waals surface area (Å²) in [6, 6.07) is 4.21. The summed E-state index contributed by atoms with van der Waals surface area (Å²) < 4.78 is 0. The van der Waals surface area contributed by atoms with Crippen LogP contribution in [0, 0.1) is 17.2 Å². The monoisotopic (exact) mass is 162 g/mol. The highest BCUT2D eigenvalue weighted by molar-refractivity contribution is 5.38. The van der Waals surface area contributed by atoms with Gasteiger partial charge in [-0.3, -0.25) is 5.10 Å². The zero-order valence-corrected chi connectivity index (χ0v) is 6.70. The van der Waals surface area contributed by atoms with Crippen LogP contribution in [0.1, 0.15) is 6.42 Å². The fraction of sp³-hybridized carbons (Fsp3) is 0.500. The van der Waals surface area contributed by atoms with Gasteiger partial charge in [0.05, 0.1) is 18.2 Å². The number of nitrogens with zero attached hydrogens (tertiary/aromatic N) is 3. The number of rotatable bonds is 1. The Morgan fingerprint density at radius 2 is 2.67 bits per heavy atom. The number of aromatic amines is 1. The molecular formula is C8H10N4. The Bertz CT molecular complexity index is 285. The number of hydrogen-bond donors (Lipinski definition) is 1. The average Bonchev–Trinajstić information content (AvgIpc) is 2.75. The third kappa shape index (κ3) is 1.14. The van der Waals surface area contributed by atoms with Crippen molar-refractivity contribution in [3.63, 3.8) is 0 Å². The predicted molar refractivity (Wildman–Crippen MR) is 44.5 cm³/mol. The Balaban J connectivity index is 2.06. The molecule has 4 nitrogen and oxygen atoms in total. The second kappa shape index (κ2) is 2.86. The molecule has 2 heterocycles. The van der Waals surface area contributed by atoms with E-state index in [0.29, 0.717) is 0 Å². The van der Waals surface area contributed by atoms with Gasteiger partial charge < -0.3 is 4.90 Å². The first-order valence-corrected chi connectivity index (χ1v) is 4.04. The maximum atomic E-state index is 8.68. The number of nitrogens with one attached hydrogen (secondary N) is 1. The summed E-state index contributed by atoms with van der Waals surface area (Å²) in [6.45, 7) is 1.79. The number of anilines is 1. The van der Waals surface area contributed by atoms with Crippen molar-refractivity contribution in [3.8, 4) is 6.07 Å². The van der Waals surface area contributed by atoms with Crippen molar-refractivity contribution >= 4 is 5.82 Å².